The molecule has 0 unspecified atom stereocenters. The van der Waals surface area contributed by atoms with E-state index in [1.165, 1.54) is 11.3 Å². The van der Waals surface area contributed by atoms with Gasteiger partial charge in [-0.1, -0.05) is 50.2 Å². The maximum atomic E-state index is 11.9. The van der Waals surface area contributed by atoms with E-state index in [1.54, 1.807) is 6.07 Å². The zero-order chi connectivity index (χ0) is 14.4. The second kappa shape index (κ2) is 7.01. The highest BCUT2D eigenvalue weighted by Gasteiger charge is 2.09. The molecule has 0 saturated heterocycles. The zero-order valence-electron chi connectivity index (χ0n) is 11.7. The van der Waals surface area contributed by atoms with Crippen LogP contribution in [-0.4, -0.2) is 11.6 Å². The lowest BCUT2D eigenvalue weighted by Crippen LogP contribution is -2.19. The van der Waals surface area contributed by atoms with E-state index in [2.05, 4.69) is 24.4 Å². The molecule has 0 bridgehead atoms. The van der Waals surface area contributed by atoms with Crippen LogP contribution in [0.3, 0.4) is 0 Å². The molecular weight excluding hydrogens is 268 g/mol. The van der Waals surface area contributed by atoms with Gasteiger partial charge in [-0.15, -0.1) is 11.3 Å². The normalized spacial score (nSPS) is 11.7. The Balaban J connectivity index is 2.14. The third-order valence-electron chi connectivity index (χ3n) is 2.75. The number of nitrogens with zero attached hydrogens (tertiary/aromatic N) is 1. The smallest absolute Gasteiger partial charge is 0.266 e. The van der Waals surface area contributed by atoms with Crippen LogP contribution in [0, 0.1) is 5.92 Å². The molecule has 0 fully saturated rings. The Morgan fingerprint density at radius 1 is 1.20 bits per heavy atom. The average Bonchev–Trinajstić information content (AvgIpc) is 2.98. The van der Waals surface area contributed by atoms with Gasteiger partial charge in [-0.2, -0.15) is 5.10 Å². The molecule has 104 valence electrons. The first-order valence-corrected chi connectivity index (χ1v) is 7.50. The maximum Gasteiger partial charge on any atom is 0.281 e. The molecule has 4 heteroatoms. The summed E-state index contributed by atoms with van der Waals surface area (Å²) in [5.74, 6) is 0.324. The fourth-order valence-electron chi connectivity index (χ4n) is 1.83. The van der Waals surface area contributed by atoms with Gasteiger partial charge in [-0.3, -0.25) is 4.79 Å². The van der Waals surface area contributed by atoms with Gasteiger partial charge in [-0.25, -0.2) is 5.43 Å². The number of amides is 1. The van der Waals surface area contributed by atoms with Crippen LogP contribution in [-0.2, 0) is 0 Å². The topological polar surface area (TPSA) is 41.5 Å². The zero-order valence-corrected chi connectivity index (χ0v) is 12.5. The van der Waals surface area contributed by atoms with Gasteiger partial charge >= 0.3 is 0 Å². The number of hydrogen-bond donors (Lipinski definition) is 1. The van der Waals surface area contributed by atoms with Crippen molar-refractivity contribution < 1.29 is 4.79 Å². The van der Waals surface area contributed by atoms with Crippen molar-refractivity contribution in [2.24, 2.45) is 11.0 Å². The lowest BCUT2D eigenvalue weighted by Gasteiger charge is -2.09. The molecule has 2 rings (SSSR count). The van der Waals surface area contributed by atoms with Gasteiger partial charge in [0.05, 0.1) is 10.6 Å². The maximum absolute atomic E-state index is 11.9. The molecule has 0 spiro atoms. The minimum Gasteiger partial charge on any atom is -0.266 e. The molecule has 2 aromatic rings. The van der Waals surface area contributed by atoms with Gasteiger partial charge in [0.15, 0.2) is 0 Å². The molecule has 1 aromatic carbocycles. The molecule has 0 atom stereocenters. The molecule has 1 amide bonds. The van der Waals surface area contributed by atoms with Gasteiger partial charge in [-0.05, 0) is 29.3 Å². The minimum absolute atomic E-state index is 0.155. The predicted octanol–water partition coefficient (Wildman–Crippen LogP) is 3.93. The SMILES string of the molecule is CC(C)C/C(=N\NC(=O)c1cccs1)c1ccccc1. The molecule has 3 nitrogen and oxygen atoms in total. The molecule has 0 aliphatic rings. The Bertz CT molecular complexity index is 574. The largest absolute Gasteiger partial charge is 0.281 e. The van der Waals surface area contributed by atoms with Crippen LogP contribution in [0.2, 0.25) is 0 Å². The van der Waals surface area contributed by atoms with Crippen molar-refractivity contribution in [3.05, 3.63) is 58.3 Å². The van der Waals surface area contributed by atoms with Crippen molar-refractivity contribution in [1.82, 2.24) is 5.43 Å². The summed E-state index contributed by atoms with van der Waals surface area (Å²) in [5, 5.41) is 6.19. The number of hydrazone groups is 1. The predicted molar refractivity (Wildman–Crippen MR) is 84.2 cm³/mol. The second-order valence-electron chi connectivity index (χ2n) is 4.94. The van der Waals surface area contributed by atoms with Crippen LogP contribution in [0.25, 0.3) is 0 Å². The summed E-state index contributed by atoms with van der Waals surface area (Å²) in [6.07, 6.45) is 0.828. The van der Waals surface area contributed by atoms with Gasteiger partial charge in [0, 0.05) is 0 Å². The number of nitrogens with one attached hydrogen (secondary N) is 1. The molecule has 1 N–H and O–H groups in total. The molecule has 0 saturated carbocycles. The van der Waals surface area contributed by atoms with Crippen molar-refractivity contribution >= 4 is 23.0 Å². The number of thiophene rings is 1. The monoisotopic (exact) mass is 286 g/mol. The Labute approximate surface area is 123 Å². The summed E-state index contributed by atoms with van der Waals surface area (Å²) in [6.45, 7) is 4.28. The Morgan fingerprint density at radius 2 is 1.95 bits per heavy atom. The minimum atomic E-state index is -0.155. The summed E-state index contributed by atoms with van der Waals surface area (Å²) < 4.78 is 0. The Morgan fingerprint density at radius 3 is 2.55 bits per heavy atom. The summed E-state index contributed by atoms with van der Waals surface area (Å²) in [4.78, 5) is 12.6. The van der Waals surface area contributed by atoms with E-state index in [0.29, 0.717) is 10.8 Å². The highest BCUT2D eigenvalue weighted by molar-refractivity contribution is 7.12. The summed E-state index contributed by atoms with van der Waals surface area (Å²) in [6, 6.07) is 13.6. The van der Waals surface area contributed by atoms with E-state index < -0.39 is 0 Å². The third-order valence-corrected chi connectivity index (χ3v) is 3.61. The van der Waals surface area contributed by atoms with Crippen molar-refractivity contribution in [1.29, 1.82) is 0 Å². The van der Waals surface area contributed by atoms with E-state index >= 15 is 0 Å². The number of rotatable bonds is 5. The van der Waals surface area contributed by atoms with E-state index in [0.717, 1.165) is 17.7 Å². The van der Waals surface area contributed by atoms with Crippen molar-refractivity contribution in [3.8, 4) is 0 Å². The van der Waals surface area contributed by atoms with Gasteiger partial charge in [0.2, 0.25) is 0 Å². The average molecular weight is 286 g/mol. The summed E-state index contributed by atoms with van der Waals surface area (Å²) in [7, 11) is 0. The summed E-state index contributed by atoms with van der Waals surface area (Å²) >= 11 is 1.41. The first-order valence-electron chi connectivity index (χ1n) is 6.62. The van der Waals surface area contributed by atoms with Crippen LogP contribution >= 0.6 is 11.3 Å². The number of carbonyl (C=O) groups is 1. The quantitative estimate of drug-likeness (QED) is 0.656. The van der Waals surface area contributed by atoms with Crippen LogP contribution in [0.1, 0.15) is 35.5 Å². The Kier molecular flexibility index (Phi) is 5.07. The third kappa shape index (κ3) is 4.03. The van der Waals surface area contributed by atoms with Crippen molar-refractivity contribution in [2.75, 3.05) is 0 Å². The molecule has 20 heavy (non-hydrogen) atoms. The number of hydrogen-bond acceptors (Lipinski definition) is 3. The molecule has 0 aliphatic heterocycles. The second-order valence-corrected chi connectivity index (χ2v) is 5.89. The Hall–Kier alpha value is -1.94. The van der Waals surface area contributed by atoms with Crippen molar-refractivity contribution in [3.63, 3.8) is 0 Å². The number of benzene rings is 1. The molecule has 0 radical (unpaired) electrons. The highest BCUT2D eigenvalue weighted by atomic mass is 32.1. The molecule has 1 heterocycles. The van der Waals surface area contributed by atoms with Crippen LogP contribution in [0.15, 0.2) is 52.9 Å². The van der Waals surface area contributed by atoms with Crippen LogP contribution in [0.4, 0.5) is 0 Å². The molecule has 0 aliphatic carbocycles. The van der Waals surface area contributed by atoms with E-state index in [9.17, 15) is 4.79 Å². The van der Waals surface area contributed by atoms with Gasteiger partial charge in [0.1, 0.15) is 0 Å². The lowest BCUT2D eigenvalue weighted by atomic mass is 10.0. The fourth-order valence-corrected chi connectivity index (χ4v) is 2.44. The first-order chi connectivity index (χ1) is 9.66. The molecular formula is C16H18N2OS. The molecule has 1 aromatic heterocycles. The highest BCUT2D eigenvalue weighted by Crippen LogP contribution is 2.11. The van der Waals surface area contributed by atoms with Crippen LogP contribution < -0.4 is 5.43 Å². The lowest BCUT2D eigenvalue weighted by molar-refractivity contribution is 0.0959. The van der Waals surface area contributed by atoms with E-state index in [-0.39, 0.29) is 5.91 Å². The fraction of sp³-hybridized carbons (Fsp3) is 0.250. The van der Waals surface area contributed by atoms with Crippen LogP contribution in [0.5, 0.6) is 0 Å². The van der Waals surface area contributed by atoms with E-state index in [4.69, 9.17) is 0 Å². The van der Waals surface area contributed by atoms with Gasteiger partial charge < -0.3 is 0 Å². The number of carbonyl (C=O) groups excluding carboxylic acids is 1. The first kappa shape index (κ1) is 14.5. The summed E-state index contributed by atoms with van der Waals surface area (Å²) in [5.41, 5.74) is 4.61. The standard InChI is InChI=1S/C16H18N2OS/c1-12(2)11-14(13-7-4-3-5-8-13)17-18-16(19)15-9-6-10-20-15/h3-10,12H,11H2,1-2H3,(H,18,19)/b17-14+. The van der Waals surface area contributed by atoms with Crippen molar-refractivity contribution in [2.45, 2.75) is 20.3 Å². The van der Waals surface area contributed by atoms with E-state index in [1.807, 2.05) is 41.8 Å². The van der Waals surface area contributed by atoms with Gasteiger partial charge in [0.25, 0.3) is 5.91 Å².